The van der Waals surface area contributed by atoms with E-state index in [1.165, 1.54) is 0 Å². The molecule has 0 aliphatic heterocycles. The van der Waals surface area contributed by atoms with Crippen molar-refractivity contribution in [2.24, 2.45) is 0 Å². The molecular weight excluding hydrogens is 400 g/mol. The Kier molecular flexibility index (Phi) is 28.7. The van der Waals surface area contributed by atoms with E-state index in [0.717, 1.165) is 7.11 Å². The van der Waals surface area contributed by atoms with Crippen LogP contribution >= 0.6 is 0 Å². The van der Waals surface area contributed by atoms with Gasteiger partial charge in [0.1, 0.15) is 0 Å². The van der Waals surface area contributed by atoms with Gasteiger partial charge in [-0.25, -0.2) is 0 Å². The van der Waals surface area contributed by atoms with E-state index in [2.05, 4.69) is 0 Å². The molecule has 0 aromatic heterocycles. The third kappa shape index (κ3) is 261. The molecule has 0 spiro atoms. The molecule has 17 heteroatoms. The smallest absolute Gasteiger partial charge is 1.00 e. The van der Waals surface area contributed by atoms with Crippen LogP contribution < -0.4 is 51.4 Å². The third-order valence-electron chi connectivity index (χ3n) is 0.667. The van der Waals surface area contributed by atoms with Gasteiger partial charge in [-0.1, -0.05) is 36.4 Å². The topological polar surface area (TPSA) is 20.2 Å². The number of aliphatic hydroxyl groups is 1. The summed E-state index contributed by atoms with van der Waals surface area (Å²) >= 11 is 0. The molecule has 0 radical (unpaired) electrons. The van der Waals surface area contributed by atoms with Crippen LogP contribution in [0, 0.1) is 0 Å². The zero-order valence-electron chi connectivity index (χ0n) is 13.2. The minimum atomic E-state index is -6.00. The van der Waals surface area contributed by atoms with Crippen molar-refractivity contribution in [3.05, 3.63) is 36.4 Å². The summed E-state index contributed by atoms with van der Waals surface area (Å²) in [5.74, 6) is 0. The largest absolute Gasteiger partial charge is 1.00 e. The predicted octanol–water partition coefficient (Wildman–Crippen LogP) is 2.31. The van der Waals surface area contributed by atoms with Crippen molar-refractivity contribution in [2.45, 2.75) is 0 Å². The minimum absolute atomic E-state index is 0. The molecule has 24 heavy (non-hydrogen) atoms. The van der Waals surface area contributed by atoms with Crippen LogP contribution in [-0.2, 0) is 0 Å². The fourth-order valence-electron chi connectivity index (χ4n) is 0.385. The number of hydrogen-bond donors (Lipinski definition) is 1. The Hall–Kier alpha value is 0.171. The van der Waals surface area contributed by atoms with E-state index >= 15 is 0 Å². The van der Waals surface area contributed by atoms with Gasteiger partial charge in [0.2, 0.25) is 0 Å². The molecule has 0 aliphatic rings. The fraction of sp³-hybridized carbons (Fsp3) is 0.143. The molecule has 0 amide bonds. The first-order chi connectivity index (χ1) is 10.0. The number of rotatable bonds is 0. The van der Waals surface area contributed by atoms with E-state index in [9.17, 15) is 51.8 Å². The molecule has 0 fully saturated rings. The van der Waals surface area contributed by atoms with Gasteiger partial charge in [-0.2, -0.15) is 0 Å². The fourth-order valence-corrected chi connectivity index (χ4v) is 0.385. The number of benzene rings is 1. The van der Waals surface area contributed by atoms with Crippen LogP contribution in [0.25, 0.3) is 0 Å². The van der Waals surface area contributed by atoms with Crippen LogP contribution in [-0.4, -0.2) is 34.0 Å². The van der Waals surface area contributed by atoms with Gasteiger partial charge in [-0.05, 0) is 0 Å². The summed E-state index contributed by atoms with van der Waals surface area (Å²) in [4.78, 5) is 0. The van der Waals surface area contributed by atoms with E-state index in [1.54, 1.807) is 0 Å². The number of hydrogen-bond acceptors (Lipinski definition) is 1. The molecule has 1 nitrogen and oxygen atoms in total. The first-order valence-electron chi connectivity index (χ1n) is 5.07. The summed E-state index contributed by atoms with van der Waals surface area (Å²) < 4.78 is 117. The quantitative estimate of drug-likeness (QED) is 0.514. The van der Waals surface area contributed by atoms with Gasteiger partial charge >= 0.3 is 73.1 Å². The molecule has 142 valence electrons. The van der Waals surface area contributed by atoms with Crippen molar-refractivity contribution in [3.63, 3.8) is 0 Å². The van der Waals surface area contributed by atoms with Gasteiger partial charge in [-0.15, -0.1) is 0 Å². The van der Waals surface area contributed by atoms with Gasteiger partial charge in [0.05, 0.1) is 0 Å². The molecule has 0 saturated carbocycles. The van der Waals surface area contributed by atoms with E-state index in [-0.39, 0.29) is 52.8 Å². The molecule has 0 unspecified atom stereocenters. The standard InChI is InChI=1S/C6H6.CH4O.3BF4.K.H/c1-2-4-6-5-3-1;1-2;3*2-1(3,4)5;;/h1-6H;2H,1H3;;;;;/q;;3*-1;+1;-1. The molecule has 0 saturated heterocycles. The zero-order chi connectivity index (χ0) is 19.7. The van der Waals surface area contributed by atoms with Crippen LogP contribution in [0.5, 0.6) is 0 Å². The molecule has 1 aromatic carbocycles. The van der Waals surface area contributed by atoms with Crippen LogP contribution in [0.2, 0.25) is 0 Å². The second kappa shape index (κ2) is 19.5. The monoisotopic (exact) mass is 411 g/mol. The van der Waals surface area contributed by atoms with E-state index < -0.39 is 21.8 Å². The molecule has 1 N–H and O–H groups in total. The van der Waals surface area contributed by atoms with Gasteiger partial charge in [-0.3, -0.25) is 0 Å². The number of aliphatic hydroxyl groups excluding tert-OH is 1. The second-order valence-electron chi connectivity index (χ2n) is 2.64. The van der Waals surface area contributed by atoms with Gasteiger partial charge < -0.3 is 58.3 Å². The molecule has 0 atom stereocenters. The minimum Gasteiger partial charge on any atom is -1.00 e. The van der Waals surface area contributed by atoms with Crippen LogP contribution in [0.1, 0.15) is 1.43 Å². The predicted molar refractivity (Wildman–Crippen MR) is 66.3 cm³/mol. The van der Waals surface area contributed by atoms with Crippen LogP contribution in [0.15, 0.2) is 36.4 Å². The summed E-state index contributed by atoms with van der Waals surface area (Å²) in [6, 6.07) is 12.0. The molecule has 1 aromatic rings. The Labute approximate surface area is 174 Å². The van der Waals surface area contributed by atoms with Gasteiger partial charge in [0, 0.05) is 7.11 Å². The summed E-state index contributed by atoms with van der Waals surface area (Å²) in [5.41, 5.74) is 0. The van der Waals surface area contributed by atoms with Crippen molar-refractivity contribution in [3.8, 4) is 0 Å². The Balaban J connectivity index is -0.0000000456. The summed E-state index contributed by atoms with van der Waals surface area (Å²) in [5, 5.41) is 7.00. The van der Waals surface area contributed by atoms with Crippen LogP contribution in [0.3, 0.4) is 0 Å². The maximum Gasteiger partial charge on any atom is 1.00 e. The maximum atomic E-state index is 9.75. The Morgan fingerprint density at radius 1 is 0.458 bits per heavy atom. The Morgan fingerprint density at radius 3 is 0.542 bits per heavy atom. The summed E-state index contributed by atoms with van der Waals surface area (Å²) in [6.45, 7) is 0. The first-order valence-corrected chi connectivity index (χ1v) is 5.07. The maximum absolute atomic E-state index is 9.75. The zero-order valence-corrected chi connectivity index (χ0v) is 15.3. The van der Waals surface area contributed by atoms with Gasteiger partial charge in [0.15, 0.2) is 0 Å². The Morgan fingerprint density at radius 2 is 0.500 bits per heavy atom. The van der Waals surface area contributed by atoms with E-state index in [1.807, 2.05) is 36.4 Å². The van der Waals surface area contributed by atoms with Gasteiger partial charge in [0.25, 0.3) is 0 Å². The Bertz CT molecular complexity index is 263. The molecule has 0 heterocycles. The molecular formula is C7H11B3F12KO-3. The number of halogens is 12. The van der Waals surface area contributed by atoms with Crippen LogP contribution in [0.4, 0.5) is 51.8 Å². The third-order valence-corrected chi connectivity index (χ3v) is 0.667. The summed E-state index contributed by atoms with van der Waals surface area (Å²) in [7, 11) is -17.0. The van der Waals surface area contributed by atoms with E-state index in [0.29, 0.717) is 0 Å². The average Bonchev–Trinajstić information content (AvgIpc) is 2.27. The van der Waals surface area contributed by atoms with E-state index in [4.69, 9.17) is 5.11 Å². The summed E-state index contributed by atoms with van der Waals surface area (Å²) in [6.07, 6.45) is 0. The molecule has 0 bridgehead atoms. The normalized spacial score (nSPS) is 9.75. The SMILES string of the molecule is CO.F[B-](F)(F)F.F[B-](F)(F)F.F[B-](F)(F)F.[H-].[K+].c1ccccc1. The van der Waals surface area contributed by atoms with Crippen molar-refractivity contribution >= 4 is 21.8 Å². The average molecular weight is 411 g/mol. The molecule has 1 rings (SSSR count). The first kappa shape index (κ1) is 35.3. The van der Waals surface area contributed by atoms with Crippen molar-refractivity contribution in [1.82, 2.24) is 0 Å². The molecule has 0 aliphatic carbocycles. The van der Waals surface area contributed by atoms with Crippen molar-refractivity contribution < 1.29 is 110 Å². The second-order valence-corrected chi connectivity index (χ2v) is 2.64. The van der Waals surface area contributed by atoms with Crippen molar-refractivity contribution in [1.29, 1.82) is 0 Å². The van der Waals surface area contributed by atoms with Crippen molar-refractivity contribution in [2.75, 3.05) is 7.11 Å².